The molecular weight excluding hydrogens is 324 g/mol. The highest BCUT2D eigenvalue weighted by Crippen LogP contribution is 2.29. The number of likely N-dealkylation sites (tertiary alicyclic amines) is 1. The van der Waals surface area contributed by atoms with Gasteiger partial charge in [0.05, 0.1) is 11.1 Å². The first-order valence-electron chi connectivity index (χ1n) is 9.08. The number of aromatic nitrogens is 1. The largest absolute Gasteiger partial charge is 0.339 e. The summed E-state index contributed by atoms with van der Waals surface area (Å²) in [5.74, 6) is 0.464. The number of benzene rings is 2. The van der Waals surface area contributed by atoms with E-state index >= 15 is 0 Å². The fourth-order valence-electron chi connectivity index (χ4n) is 3.90. The summed E-state index contributed by atoms with van der Waals surface area (Å²) < 4.78 is 1.59. The molecule has 4 nitrogen and oxygen atoms in total. The van der Waals surface area contributed by atoms with Crippen LogP contribution in [0.1, 0.15) is 34.7 Å². The normalized spacial score (nSPS) is 15.3. The highest BCUT2D eigenvalue weighted by atomic mass is 16.2. The van der Waals surface area contributed by atoms with E-state index in [0.717, 1.165) is 36.8 Å². The number of piperidine rings is 1. The number of nitrogens with zero attached hydrogens (tertiary/aromatic N) is 2. The number of hydrogen-bond acceptors (Lipinski definition) is 2. The van der Waals surface area contributed by atoms with E-state index < -0.39 is 0 Å². The minimum atomic E-state index is -0.147. The molecule has 1 saturated heterocycles. The molecule has 1 aliphatic rings. The van der Waals surface area contributed by atoms with Crippen LogP contribution in [0.2, 0.25) is 0 Å². The third kappa shape index (κ3) is 2.92. The van der Waals surface area contributed by atoms with E-state index in [1.165, 1.54) is 11.6 Å². The maximum Gasteiger partial charge on any atom is 0.254 e. The monoisotopic (exact) mass is 346 g/mol. The summed E-state index contributed by atoms with van der Waals surface area (Å²) in [6.45, 7) is 1.45. The molecule has 0 spiro atoms. The Morgan fingerprint density at radius 2 is 1.62 bits per heavy atom. The van der Waals surface area contributed by atoms with Gasteiger partial charge in [0.1, 0.15) is 0 Å². The van der Waals surface area contributed by atoms with E-state index in [4.69, 9.17) is 0 Å². The van der Waals surface area contributed by atoms with Crippen LogP contribution < -0.4 is 5.56 Å². The van der Waals surface area contributed by atoms with Gasteiger partial charge >= 0.3 is 0 Å². The highest BCUT2D eigenvalue weighted by molar-refractivity contribution is 6.06. The molecule has 4 rings (SSSR count). The number of amides is 1. The number of hydrogen-bond donors (Lipinski definition) is 0. The summed E-state index contributed by atoms with van der Waals surface area (Å²) in [5.41, 5.74) is 2.51. The van der Waals surface area contributed by atoms with Crippen LogP contribution in [0.5, 0.6) is 0 Å². The summed E-state index contributed by atoms with van der Waals surface area (Å²) in [6, 6.07) is 19.6. The van der Waals surface area contributed by atoms with Crippen LogP contribution in [0, 0.1) is 0 Å². The fourth-order valence-corrected chi connectivity index (χ4v) is 3.90. The lowest BCUT2D eigenvalue weighted by Gasteiger charge is -2.32. The highest BCUT2D eigenvalue weighted by Gasteiger charge is 2.26. The quantitative estimate of drug-likeness (QED) is 0.712. The maximum absolute atomic E-state index is 13.1. The third-order valence-electron chi connectivity index (χ3n) is 5.44. The molecule has 1 fully saturated rings. The average molecular weight is 346 g/mol. The fraction of sp³-hybridized carbons (Fsp3) is 0.273. The number of rotatable bonds is 2. The molecule has 3 aromatic rings. The Hall–Kier alpha value is -2.88. The van der Waals surface area contributed by atoms with Crippen molar-refractivity contribution in [3.05, 3.63) is 82.1 Å². The molecule has 2 heterocycles. The first kappa shape index (κ1) is 16.6. The third-order valence-corrected chi connectivity index (χ3v) is 5.44. The lowest BCUT2D eigenvalue weighted by molar-refractivity contribution is 0.0715. The van der Waals surface area contributed by atoms with Gasteiger partial charge in [0.2, 0.25) is 0 Å². The van der Waals surface area contributed by atoms with Crippen LogP contribution >= 0.6 is 0 Å². The summed E-state index contributed by atoms with van der Waals surface area (Å²) in [5, 5.41) is 0.838. The van der Waals surface area contributed by atoms with Gasteiger partial charge in [0.15, 0.2) is 0 Å². The Balaban J connectivity index is 1.59. The van der Waals surface area contributed by atoms with Crippen LogP contribution in [0.25, 0.3) is 10.9 Å². The van der Waals surface area contributed by atoms with Crippen molar-refractivity contribution in [2.75, 3.05) is 13.1 Å². The lowest BCUT2D eigenvalue weighted by Crippen LogP contribution is -2.38. The predicted molar refractivity (Wildman–Crippen MR) is 104 cm³/mol. The Bertz CT molecular complexity index is 1000. The first-order valence-corrected chi connectivity index (χ1v) is 9.08. The van der Waals surface area contributed by atoms with Gasteiger partial charge in [-0.2, -0.15) is 0 Å². The molecule has 0 unspecified atom stereocenters. The van der Waals surface area contributed by atoms with Crippen LogP contribution in [0.15, 0.2) is 65.5 Å². The molecule has 2 aromatic carbocycles. The number of para-hydroxylation sites is 1. The zero-order valence-corrected chi connectivity index (χ0v) is 14.9. The van der Waals surface area contributed by atoms with E-state index in [9.17, 15) is 9.59 Å². The summed E-state index contributed by atoms with van der Waals surface area (Å²) in [7, 11) is 1.74. The second-order valence-electron chi connectivity index (χ2n) is 6.95. The smallest absolute Gasteiger partial charge is 0.254 e. The van der Waals surface area contributed by atoms with Gasteiger partial charge in [-0.05, 0) is 30.4 Å². The van der Waals surface area contributed by atoms with Crippen molar-refractivity contribution < 1.29 is 4.79 Å². The van der Waals surface area contributed by atoms with E-state index in [0.29, 0.717) is 11.5 Å². The van der Waals surface area contributed by atoms with E-state index in [1.807, 2.05) is 35.2 Å². The number of fused-ring (bicyclic) bond motifs is 1. The Labute approximate surface area is 152 Å². The molecule has 0 bridgehead atoms. The van der Waals surface area contributed by atoms with Crippen LogP contribution in [-0.2, 0) is 7.05 Å². The Kier molecular flexibility index (Phi) is 4.33. The molecule has 4 heteroatoms. The minimum absolute atomic E-state index is 0.0367. The number of aryl methyl sites for hydroxylation is 1. The van der Waals surface area contributed by atoms with E-state index in [-0.39, 0.29) is 11.5 Å². The lowest BCUT2D eigenvalue weighted by atomic mass is 9.89. The van der Waals surface area contributed by atoms with Crippen molar-refractivity contribution in [1.82, 2.24) is 9.47 Å². The molecule has 0 saturated carbocycles. The standard InChI is InChI=1S/C22H22N2O2/c1-23-20-10-6-5-9-18(20)19(15-21(23)25)22(26)24-13-11-17(12-14-24)16-7-3-2-4-8-16/h2-10,15,17H,11-14H2,1H3. The first-order chi connectivity index (χ1) is 12.6. The van der Waals surface area contributed by atoms with E-state index in [2.05, 4.69) is 24.3 Å². The predicted octanol–water partition coefficient (Wildman–Crippen LogP) is 3.56. The van der Waals surface area contributed by atoms with Crippen molar-refractivity contribution in [1.29, 1.82) is 0 Å². The number of carbonyl (C=O) groups excluding carboxylic acids is 1. The summed E-state index contributed by atoms with van der Waals surface area (Å²) >= 11 is 0. The van der Waals surface area contributed by atoms with E-state index in [1.54, 1.807) is 11.6 Å². The molecule has 26 heavy (non-hydrogen) atoms. The molecule has 0 radical (unpaired) electrons. The minimum Gasteiger partial charge on any atom is -0.339 e. The molecule has 1 aromatic heterocycles. The molecule has 132 valence electrons. The van der Waals surface area contributed by atoms with Crippen LogP contribution in [0.3, 0.4) is 0 Å². The molecule has 0 aliphatic carbocycles. The van der Waals surface area contributed by atoms with Crippen molar-refractivity contribution in [3.8, 4) is 0 Å². The Morgan fingerprint density at radius 1 is 0.962 bits per heavy atom. The van der Waals surface area contributed by atoms with Crippen LogP contribution in [-0.4, -0.2) is 28.5 Å². The molecule has 1 aliphatic heterocycles. The van der Waals surface area contributed by atoms with Crippen molar-refractivity contribution >= 4 is 16.8 Å². The zero-order valence-electron chi connectivity index (χ0n) is 14.9. The van der Waals surface area contributed by atoms with Gasteiger partial charge in [-0.1, -0.05) is 48.5 Å². The zero-order chi connectivity index (χ0) is 18.1. The van der Waals surface area contributed by atoms with Crippen molar-refractivity contribution in [2.45, 2.75) is 18.8 Å². The van der Waals surface area contributed by atoms with Gasteiger partial charge in [0, 0.05) is 31.6 Å². The van der Waals surface area contributed by atoms with Gasteiger partial charge in [0.25, 0.3) is 11.5 Å². The molecule has 0 atom stereocenters. The second-order valence-corrected chi connectivity index (χ2v) is 6.95. The van der Waals surface area contributed by atoms with Gasteiger partial charge in [-0.15, -0.1) is 0 Å². The van der Waals surface area contributed by atoms with Gasteiger partial charge in [-0.25, -0.2) is 0 Å². The average Bonchev–Trinajstić information content (AvgIpc) is 2.71. The summed E-state index contributed by atoms with van der Waals surface area (Å²) in [6.07, 6.45) is 1.91. The Morgan fingerprint density at radius 3 is 2.35 bits per heavy atom. The van der Waals surface area contributed by atoms with Crippen LogP contribution in [0.4, 0.5) is 0 Å². The van der Waals surface area contributed by atoms with Crippen molar-refractivity contribution in [2.24, 2.45) is 7.05 Å². The summed E-state index contributed by atoms with van der Waals surface area (Å²) in [4.78, 5) is 27.3. The molecule has 0 N–H and O–H groups in total. The molecule has 1 amide bonds. The molecular formula is C22H22N2O2. The van der Waals surface area contributed by atoms with Crippen molar-refractivity contribution in [3.63, 3.8) is 0 Å². The topological polar surface area (TPSA) is 42.3 Å². The van der Waals surface area contributed by atoms with Gasteiger partial charge < -0.3 is 9.47 Å². The SMILES string of the molecule is Cn1c(=O)cc(C(=O)N2CCC(c3ccccc3)CC2)c2ccccc21. The van der Waals surface area contributed by atoms with Gasteiger partial charge in [-0.3, -0.25) is 9.59 Å². The number of pyridine rings is 1. The number of carbonyl (C=O) groups is 1. The second kappa shape index (κ2) is 6.79. The maximum atomic E-state index is 13.1.